The van der Waals surface area contributed by atoms with Crippen molar-refractivity contribution in [3.8, 4) is 0 Å². The molecule has 0 atom stereocenters. The maximum absolute atomic E-state index is 11.6. The number of hydrogen-bond donors (Lipinski definition) is 3. The van der Waals surface area contributed by atoms with Crippen molar-refractivity contribution in [3.63, 3.8) is 0 Å². The van der Waals surface area contributed by atoms with E-state index >= 15 is 0 Å². The zero-order valence-corrected chi connectivity index (χ0v) is 9.25. The first-order valence-electron chi connectivity index (χ1n) is 4.69. The second kappa shape index (κ2) is 3.94. The predicted molar refractivity (Wildman–Crippen MR) is 64.1 cm³/mol. The molecule has 2 aromatic rings. The Labute approximate surface area is 96.6 Å². The summed E-state index contributed by atoms with van der Waals surface area (Å²) in [6.07, 6.45) is 0. The van der Waals surface area contributed by atoms with E-state index in [1.165, 1.54) is 18.2 Å². The highest BCUT2D eigenvalue weighted by molar-refractivity contribution is 6.59. The van der Waals surface area contributed by atoms with Crippen LogP contribution in [-0.2, 0) is 0 Å². The van der Waals surface area contributed by atoms with Gasteiger partial charge < -0.3 is 15.0 Å². The van der Waals surface area contributed by atoms with Crippen molar-refractivity contribution in [1.82, 2.24) is 4.98 Å². The van der Waals surface area contributed by atoms with E-state index in [1.54, 1.807) is 6.92 Å². The zero-order valence-electron chi connectivity index (χ0n) is 8.49. The third-order valence-corrected chi connectivity index (χ3v) is 2.94. The summed E-state index contributed by atoms with van der Waals surface area (Å²) in [6, 6.07) is 4.51. The third-order valence-electron chi connectivity index (χ3n) is 2.45. The highest BCUT2D eigenvalue weighted by Gasteiger charge is 2.14. The summed E-state index contributed by atoms with van der Waals surface area (Å²) in [6.45, 7) is 1.69. The Morgan fingerprint density at radius 1 is 1.31 bits per heavy atom. The molecule has 0 unspecified atom stereocenters. The lowest BCUT2D eigenvalue weighted by atomic mass is 9.79. The van der Waals surface area contributed by atoms with Crippen LogP contribution in [0.15, 0.2) is 23.0 Å². The second-order valence-corrected chi connectivity index (χ2v) is 3.95. The molecule has 1 heterocycles. The molecule has 0 aliphatic heterocycles. The van der Waals surface area contributed by atoms with Gasteiger partial charge in [0, 0.05) is 16.5 Å². The van der Waals surface area contributed by atoms with Crippen molar-refractivity contribution in [2.75, 3.05) is 0 Å². The quantitative estimate of drug-likeness (QED) is 0.619. The van der Waals surface area contributed by atoms with E-state index in [2.05, 4.69) is 4.98 Å². The number of pyridine rings is 1. The fraction of sp³-hybridized carbons (Fsp3) is 0.100. The van der Waals surface area contributed by atoms with Crippen LogP contribution in [0.25, 0.3) is 10.8 Å². The molecule has 0 aliphatic carbocycles. The zero-order chi connectivity index (χ0) is 11.9. The van der Waals surface area contributed by atoms with Gasteiger partial charge >= 0.3 is 7.12 Å². The first-order valence-corrected chi connectivity index (χ1v) is 5.06. The summed E-state index contributed by atoms with van der Waals surface area (Å²) >= 11 is 6.04. The number of hydrogen-bond acceptors (Lipinski definition) is 3. The molecule has 2 rings (SSSR count). The Hall–Kier alpha value is -1.30. The Bertz CT molecular complexity index is 609. The van der Waals surface area contributed by atoms with E-state index in [1.807, 2.05) is 0 Å². The summed E-state index contributed by atoms with van der Waals surface area (Å²) in [5.41, 5.74) is 0.624. The second-order valence-electron chi connectivity index (χ2n) is 3.57. The standard InChI is InChI=1S/C10H9BClNO3/c1-5-9(12)8-4-6(11(15)16)2-3-7(8)10(14)13-5/h2-4,15-16H,1H3,(H,13,14). The van der Waals surface area contributed by atoms with Crippen molar-refractivity contribution in [1.29, 1.82) is 0 Å². The number of aromatic nitrogens is 1. The van der Waals surface area contributed by atoms with Gasteiger partial charge in [0.2, 0.25) is 0 Å². The van der Waals surface area contributed by atoms with E-state index in [0.717, 1.165) is 0 Å². The molecule has 6 heteroatoms. The molecule has 3 N–H and O–H groups in total. The van der Waals surface area contributed by atoms with Crippen molar-refractivity contribution in [2.24, 2.45) is 0 Å². The van der Waals surface area contributed by atoms with Gasteiger partial charge in [-0.2, -0.15) is 0 Å². The lowest BCUT2D eigenvalue weighted by Gasteiger charge is -2.05. The number of fused-ring (bicyclic) bond motifs is 1. The lowest BCUT2D eigenvalue weighted by Crippen LogP contribution is -2.29. The summed E-state index contributed by atoms with van der Waals surface area (Å²) in [5.74, 6) is 0. The lowest BCUT2D eigenvalue weighted by molar-refractivity contribution is 0.426. The number of rotatable bonds is 1. The van der Waals surface area contributed by atoms with Gasteiger partial charge in [-0.1, -0.05) is 23.7 Å². The monoisotopic (exact) mass is 237 g/mol. The number of aromatic amines is 1. The molecule has 0 fully saturated rings. The molecule has 1 aromatic carbocycles. The minimum absolute atomic E-state index is 0.240. The van der Waals surface area contributed by atoms with E-state index in [0.29, 0.717) is 27.0 Å². The predicted octanol–water partition coefficient (Wildman–Crippen LogP) is 0.170. The number of aryl methyl sites for hydroxylation is 1. The summed E-state index contributed by atoms with van der Waals surface area (Å²) in [4.78, 5) is 14.2. The smallest absolute Gasteiger partial charge is 0.423 e. The molecule has 0 saturated heterocycles. The Morgan fingerprint density at radius 2 is 2.00 bits per heavy atom. The highest BCUT2D eigenvalue weighted by Crippen LogP contribution is 2.21. The number of nitrogens with one attached hydrogen (secondary N) is 1. The van der Waals surface area contributed by atoms with E-state index in [-0.39, 0.29) is 5.56 Å². The number of H-pyrrole nitrogens is 1. The van der Waals surface area contributed by atoms with Crippen LogP contribution in [0, 0.1) is 6.92 Å². The highest BCUT2D eigenvalue weighted by atomic mass is 35.5. The van der Waals surface area contributed by atoms with Crippen LogP contribution >= 0.6 is 11.6 Å². The summed E-state index contributed by atoms with van der Waals surface area (Å²) < 4.78 is 0. The van der Waals surface area contributed by atoms with E-state index in [4.69, 9.17) is 21.6 Å². The molecule has 0 aliphatic rings. The Balaban J connectivity index is 2.86. The normalized spacial score (nSPS) is 10.8. The molecule has 0 radical (unpaired) electrons. The molecule has 16 heavy (non-hydrogen) atoms. The number of benzene rings is 1. The molecular weight excluding hydrogens is 228 g/mol. The van der Waals surface area contributed by atoms with Gasteiger partial charge in [0.05, 0.1) is 5.02 Å². The third kappa shape index (κ3) is 1.73. The number of halogens is 1. The van der Waals surface area contributed by atoms with Crippen molar-refractivity contribution in [2.45, 2.75) is 6.92 Å². The average Bonchev–Trinajstić information content (AvgIpc) is 2.25. The largest absolute Gasteiger partial charge is 0.488 e. The Kier molecular flexibility index (Phi) is 2.76. The maximum Gasteiger partial charge on any atom is 0.488 e. The van der Waals surface area contributed by atoms with Gasteiger partial charge in [0.25, 0.3) is 5.56 Å². The minimum Gasteiger partial charge on any atom is -0.423 e. The first kappa shape index (κ1) is 11.2. The Morgan fingerprint density at radius 3 is 2.62 bits per heavy atom. The van der Waals surface area contributed by atoms with Crippen molar-refractivity contribution < 1.29 is 10.0 Å². The van der Waals surface area contributed by atoms with Crippen molar-refractivity contribution >= 4 is 35.0 Å². The fourth-order valence-electron chi connectivity index (χ4n) is 1.60. The summed E-state index contributed by atoms with van der Waals surface area (Å²) in [7, 11) is -1.57. The molecule has 0 spiro atoms. The van der Waals surface area contributed by atoms with Crippen LogP contribution < -0.4 is 11.0 Å². The van der Waals surface area contributed by atoms with Gasteiger partial charge in [-0.05, 0) is 18.5 Å². The van der Waals surface area contributed by atoms with Gasteiger partial charge in [-0.25, -0.2) is 0 Å². The fourth-order valence-corrected chi connectivity index (χ4v) is 1.80. The maximum atomic E-state index is 11.6. The topological polar surface area (TPSA) is 73.3 Å². The summed E-state index contributed by atoms with van der Waals surface area (Å²) in [5, 5.41) is 19.4. The minimum atomic E-state index is -1.57. The van der Waals surface area contributed by atoms with Gasteiger partial charge in [-0.3, -0.25) is 4.79 Å². The van der Waals surface area contributed by atoms with Crippen LogP contribution in [0.4, 0.5) is 0 Å². The van der Waals surface area contributed by atoms with Gasteiger partial charge in [-0.15, -0.1) is 0 Å². The van der Waals surface area contributed by atoms with Crippen LogP contribution in [-0.4, -0.2) is 22.2 Å². The first-order chi connectivity index (χ1) is 7.50. The van der Waals surface area contributed by atoms with Gasteiger partial charge in [0.15, 0.2) is 0 Å². The van der Waals surface area contributed by atoms with Crippen LogP contribution in [0.3, 0.4) is 0 Å². The molecule has 0 saturated carbocycles. The molecule has 4 nitrogen and oxygen atoms in total. The van der Waals surface area contributed by atoms with Crippen LogP contribution in [0.5, 0.6) is 0 Å². The molecule has 0 amide bonds. The van der Waals surface area contributed by atoms with Crippen molar-refractivity contribution in [3.05, 3.63) is 39.3 Å². The molecule has 0 bridgehead atoms. The molecule has 82 valence electrons. The average molecular weight is 237 g/mol. The molecule has 1 aromatic heterocycles. The van der Waals surface area contributed by atoms with Crippen LogP contribution in [0.1, 0.15) is 5.69 Å². The SMILES string of the molecule is Cc1[nH]c(=O)c2ccc(B(O)O)cc2c1Cl. The van der Waals surface area contributed by atoms with E-state index in [9.17, 15) is 4.79 Å². The van der Waals surface area contributed by atoms with Crippen LogP contribution in [0.2, 0.25) is 5.02 Å². The van der Waals surface area contributed by atoms with Gasteiger partial charge in [0.1, 0.15) is 0 Å². The molecular formula is C10H9BClNO3. The van der Waals surface area contributed by atoms with E-state index < -0.39 is 7.12 Å².